The molecule has 31 heavy (non-hydrogen) atoms. The van der Waals surface area contributed by atoms with Crippen molar-refractivity contribution in [3.63, 3.8) is 0 Å². The first-order valence-corrected chi connectivity index (χ1v) is 10.0. The SMILES string of the molecule is Fc1ccccc1-c1nnc2ccc(NCc3nccn3CCc3ccccc3)nn12. The highest BCUT2D eigenvalue weighted by Crippen LogP contribution is 2.21. The molecule has 1 N–H and O–H groups in total. The number of imidazole rings is 1. The molecule has 0 spiro atoms. The average Bonchev–Trinajstić information content (AvgIpc) is 3.44. The number of benzene rings is 2. The Morgan fingerprint density at radius 3 is 2.61 bits per heavy atom. The fraction of sp³-hybridized carbons (Fsp3) is 0.130. The van der Waals surface area contributed by atoms with E-state index < -0.39 is 0 Å². The summed E-state index contributed by atoms with van der Waals surface area (Å²) in [6.45, 7) is 1.35. The maximum atomic E-state index is 14.2. The third-order valence-corrected chi connectivity index (χ3v) is 5.09. The van der Waals surface area contributed by atoms with Crippen molar-refractivity contribution in [2.75, 3.05) is 5.32 Å². The van der Waals surface area contributed by atoms with Crippen LogP contribution in [0.2, 0.25) is 0 Å². The van der Waals surface area contributed by atoms with Gasteiger partial charge in [0.05, 0.1) is 12.1 Å². The lowest BCUT2D eigenvalue weighted by Gasteiger charge is -2.10. The number of hydrogen-bond donors (Lipinski definition) is 1. The molecule has 0 saturated heterocycles. The molecule has 0 radical (unpaired) electrons. The van der Waals surface area contributed by atoms with Gasteiger partial charge in [0.15, 0.2) is 11.5 Å². The number of hydrogen-bond acceptors (Lipinski definition) is 5. The van der Waals surface area contributed by atoms with Crippen LogP contribution in [0, 0.1) is 5.82 Å². The highest BCUT2D eigenvalue weighted by molar-refractivity contribution is 5.60. The van der Waals surface area contributed by atoms with E-state index in [-0.39, 0.29) is 5.82 Å². The Balaban J connectivity index is 1.32. The second-order valence-electron chi connectivity index (χ2n) is 7.12. The van der Waals surface area contributed by atoms with Crippen LogP contribution in [0.4, 0.5) is 10.2 Å². The van der Waals surface area contributed by atoms with Crippen molar-refractivity contribution in [2.24, 2.45) is 0 Å². The molecule has 5 rings (SSSR count). The van der Waals surface area contributed by atoms with Crippen molar-refractivity contribution in [3.8, 4) is 11.4 Å². The largest absolute Gasteiger partial charge is 0.361 e. The van der Waals surface area contributed by atoms with Crippen LogP contribution in [0.5, 0.6) is 0 Å². The molecule has 0 atom stereocenters. The minimum absolute atomic E-state index is 0.358. The fourth-order valence-electron chi connectivity index (χ4n) is 3.47. The van der Waals surface area contributed by atoms with E-state index in [0.717, 1.165) is 18.8 Å². The van der Waals surface area contributed by atoms with E-state index >= 15 is 0 Å². The first-order valence-electron chi connectivity index (χ1n) is 10.0. The second-order valence-corrected chi connectivity index (χ2v) is 7.12. The number of nitrogens with one attached hydrogen (secondary N) is 1. The summed E-state index contributed by atoms with van der Waals surface area (Å²) >= 11 is 0. The predicted octanol–water partition coefficient (Wildman–Crippen LogP) is 3.98. The topological polar surface area (TPSA) is 72.9 Å². The zero-order valence-electron chi connectivity index (χ0n) is 16.7. The smallest absolute Gasteiger partial charge is 0.188 e. The maximum Gasteiger partial charge on any atom is 0.188 e. The molecule has 0 unspecified atom stereocenters. The Bertz CT molecular complexity index is 1310. The minimum atomic E-state index is -0.364. The van der Waals surface area contributed by atoms with Gasteiger partial charge in [-0.15, -0.1) is 15.3 Å². The lowest BCUT2D eigenvalue weighted by atomic mass is 10.1. The summed E-state index contributed by atoms with van der Waals surface area (Å²) in [4.78, 5) is 4.46. The molecule has 0 saturated carbocycles. The quantitative estimate of drug-likeness (QED) is 0.437. The van der Waals surface area contributed by atoms with Gasteiger partial charge in [0.1, 0.15) is 17.5 Å². The first-order chi connectivity index (χ1) is 15.3. The standard InChI is InChI=1S/C23H20FN7/c24-19-9-5-4-8-18(19)23-28-27-21-11-10-20(29-31(21)23)26-16-22-25-13-15-30(22)14-12-17-6-2-1-3-7-17/h1-11,13,15H,12,14,16H2,(H,26,29). The van der Waals surface area contributed by atoms with Crippen molar-refractivity contribution < 1.29 is 4.39 Å². The molecule has 0 bridgehead atoms. The van der Waals surface area contributed by atoms with Crippen molar-refractivity contribution in [2.45, 2.75) is 19.5 Å². The highest BCUT2D eigenvalue weighted by Gasteiger charge is 2.13. The molecule has 0 amide bonds. The number of fused-ring (bicyclic) bond motifs is 1. The third kappa shape index (κ3) is 4.00. The van der Waals surface area contributed by atoms with E-state index in [1.807, 2.05) is 30.5 Å². The molecule has 0 fully saturated rings. The van der Waals surface area contributed by atoms with Gasteiger partial charge < -0.3 is 9.88 Å². The van der Waals surface area contributed by atoms with Crippen LogP contribution in [0.15, 0.2) is 79.1 Å². The number of anilines is 1. The molecule has 2 aromatic carbocycles. The molecule has 154 valence electrons. The predicted molar refractivity (Wildman–Crippen MR) is 116 cm³/mol. The number of aromatic nitrogens is 6. The van der Waals surface area contributed by atoms with Gasteiger partial charge in [0.2, 0.25) is 0 Å². The van der Waals surface area contributed by atoms with Gasteiger partial charge in [-0.1, -0.05) is 42.5 Å². The van der Waals surface area contributed by atoms with Crippen LogP contribution < -0.4 is 5.32 Å². The van der Waals surface area contributed by atoms with E-state index in [4.69, 9.17) is 0 Å². The molecular weight excluding hydrogens is 393 g/mol. The zero-order chi connectivity index (χ0) is 21.0. The lowest BCUT2D eigenvalue weighted by molar-refractivity contribution is 0.629. The Kier molecular flexibility index (Phi) is 5.10. The lowest BCUT2D eigenvalue weighted by Crippen LogP contribution is -2.11. The number of halogens is 1. The van der Waals surface area contributed by atoms with Crippen LogP contribution in [0.25, 0.3) is 17.0 Å². The summed E-state index contributed by atoms with van der Waals surface area (Å²) in [5, 5.41) is 16.1. The van der Waals surface area contributed by atoms with Crippen LogP contribution in [0.1, 0.15) is 11.4 Å². The second kappa shape index (κ2) is 8.35. The van der Waals surface area contributed by atoms with Crippen molar-refractivity contribution in [3.05, 3.63) is 96.3 Å². The van der Waals surface area contributed by atoms with Crippen LogP contribution in [-0.2, 0) is 19.5 Å². The Hall–Kier alpha value is -4.07. The van der Waals surface area contributed by atoms with Crippen LogP contribution in [0.3, 0.4) is 0 Å². The van der Waals surface area contributed by atoms with E-state index in [2.05, 4.69) is 42.3 Å². The van der Waals surface area contributed by atoms with E-state index in [1.165, 1.54) is 11.6 Å². The molecule has 0 aliphatic rings. The summed E-state index contributed by atoms with van der Waals surface area (Å²) in [6, 6.07) is 20.5. The summed E-state index contributed by atoms with van der Waals surface area (Å²) in [7, 11) is 0. The summed E-state index contributed by atoms with van der Waals surface area (Å²) in [5.74, 6) is 1.54. The van der Waals surface area contributed by atoms with Gasteiger partial charge in [-0.3, -0.25) is 0 Å². The normalized spacial score (nSPS) is 11.1. The van der Waals surface area contributed by atoms with E-state index in [1.54, 1.807) is 35.0 Å². The number of rotatable bonds is 7. The van der Waals surface area contributed by atoms with Gasteiger partial charge in [0, 0.05) is 18.9 Å². The molecule has 3 aromatic heterocycles. The average molecular weight is 413 g/mol. The summed E-state index contributed by atoms with van der Waals surface area (Å²) < 4.78 is 17.9. The summed E-state index contributed by atoms with van der Waals surface area (Å²) in [5.41, 5.74) is 2.19. The van der Waals surface area contributed by atoms with Crippen LogP contribution >= 0.6 is 0 Å². The number of aryl methyl sites for hydroxylation is 2. The highest BCUT2D eigenvalue weighted by atomic mass is 19.1. The minimum Gasteiger partial charge on any atom is -0.361 e. The maximum absolute atomic E-state index is 14.2. The third-order valence-electron chi connectivity index (χ3n) is 5.09. The molecule has 0 aliphatic heterocycles. The van der Waals surface area contributed by atoms with Gasteiger partial charge in [0.25, 0.3) is 0 Å². The fourth-order valence-corrected chi connectivity index (χ4v) is 3.47. The van der Waals surface area contributed by atoms with Gasteiger partial charge >= 0.3 is 0 Å². The van der Waals surface area contributed by atoms with Crippen molar-refractivity contribution in [1.82, 2.24) is 29.4 Å². The Labute approximate surface area is 178 Å². The molecular formula is C23H20FN7. The van der Waals surface area contributed by atoms with Crippen LogP contribution in [-0.4, -0.2) is 29.4 Å². The van der Waals surface area contributed by atoms with Crippen molar-refractivity contribution >= 4 is 11.5 Å². The summed E-state index contributed by atoms with van der Waals surface area (Å²) in [6.07, 6.45) is 4.71. The van der Waals surface area contributed by atoms with E-state index in [9.17, 15) is 4.39 Å². The van der Waals surface area contributed by atoms with Crippen molar-refractivity contribution in [1.29, 1.82) is 0 Å². The molecule has 5 aromatic rings. The number of nitrogens with zero attached hydrogens (tertiary/aromatic N) is 6. The molecule has 7 nitrogen and oxygen atoms in total. The van der Waals surface area contributed by atoms with Gasteiger partial charge in [-0.25, -0.2) is 9.37 Å². The van der Waals surface area contributed by atoms with E-state index in [0.29, 0.717) is 29.4 Å². The monoisotopic (exact) mass is 413 g/mol. The zero-order valence-corrected chi connectivity index (χ0v) is 16.7. The Morgan fingerprint density at radius 1 is 0.903 bits per heavy atom. The molecule has 0 aliphatic carbocycles. The first kappa shape index (κ1) is 18.9. The van der Waals surface area contributed by atoms with Gasteiger partial charge in [-0.05, 0) is 36.2 Å². The molecule has 3 heterocycles. The Morgan fingerprint density at radius 2 is 1.74 bits per heavy atom. The van der Waals surface area contributed by atoms with Gasteiger partial charge in [-0.2, -0.15) is 4.52 Å². The molecule has 8 heteroatoms.